The zero-order valence-corrected chi connectivity index (χ0v) is 17.5. The van der Waals surface area contributed by atoms with E-state index >= 15 is 0 Å². The molecule has 0 aliphatic heterocycles. The van der Waals surface area contributed by atoms with Crippen molar-refractivity contribution in [2.45, 2.75) is 31.2 Å². The maximum Gasteiger partial charge on any atom is 0.258 e. The number of thioether (sulfide) groups is 1. The summed E-state index contributed by atoms with van der Waals surface area (Å²) in [7, 11) is 0. The number of aryl methyl sites for hydroxylation is 2. The molecule has 3 aromatic heterocycles. The second-order valence-electron chi connectivity index (χ2n) is 6.83. The Morgan fingerprint density at radius 3 is 2.67 bits per heavy atom. The van der Waals surface area contributed by atoms with Crippen molar-refractivity contribution in [3.8, 4) is 0 Å². The third kappa shape index (κ3) is 4.77. The molecular weight excluding hydrogens is 398 g/mol. The molecule has 0 radical (unpaired) electrons. The maximum absolute atomic E-state index is 12.8. The van der Waals surface area contributed by atoms with Crippen LogP contribution < -0.4 is 5.32 Å². The molecule has 0 unspecified atom stereocenters. The number of carbonyl (C=O) groups excluding carboxylic acids is 1. The molecule has 0 atom stereocenters. The van der Waals surface area contributed by atoms with E-state index in [1.165, 1.54) is 11.8 Å². The second-order valence-corrected chi connectivity index (χ2v) is 7.79. The summed E-state index contributed by atoms with van der Waals surface area (Å²) in [5.74, 6) is 2.11. The molecule has 4 rings (SSSR count). The van der Waals surface area contributed by atoms with Crippen LogP contribution in [0.5, 0.6) is 0 Å². The van der Waals surface area contributed by atoms with E-state index in [0.29, 0.717) is 16.3 Å². The van der Waals surface area contributed by atoms with Crippen LogP contribution >= 0.6 is 11.8 Å². The van der Waals surface area contributed by atoms with E-state index in [2.05, 4.69) is 25.0 Å². The lowest BCUT2D eigenvalue weighted by Gasteiger charge is -2.10. The van der Waals surface area contributed by atoms with Gasteiger partial charge in [0.15, 0.2) is 0 Å². The van der Waals surface area contributed by atoms with Crippen molar-refractivity contribution in [1.82, 2.24) is 19.7 Å². The van der Waals surface area contributed by atoms with Crippen LogP contribution in [0.1, 0.15) is 33.2 Å². The summed E-state index contributed by atoms with van der Waals surface area (Å²) in [6.45, 7) is 4.57. The number of carbonyl (C=O) groups is 1. The number of benzene rings is 1. The average molecular weight is 420 g/mol. The van der Waals surface area contributed by atoms with Gasteiger partial charge in [-0.15, -0.1) is 0 Å². The van der Waals surface area contributed by atoms with Gasteiger partial charge in [-0.2, -0.15) is 0 Å². The highest BCUT2D eigenvalue weighted by Gasteiger charge is 2.14. The Balaban J connectivity index is 1.41. The highest BCUT2D eigenvalue weighted by Crippen LogP contribution is 2.25. The van der Waals surface area contributed by atoms with Gasteiger partial charge in [0.1, 0.15) is 16.6 Å². The van der Waals surface area contributed by atoms with Gasteiger partial charge in [-0.3, -0.25) is 4.79 Å². The largest absolute Gasteiger partial charge is 0.361 e. The molecule has 7 nitrogen and oxygen atoms in total. The highest BCUT2D eigenvalue weighted by atomic mass is 32.2. The lowest BCUT2D eigenvalue weighted by molar-refractivity contribution is 0.102. The van der Waals surface area contributed by atoms with Crippen molar-refractivity contribution in [3.63, 3.8) is 0 Å². The van der Waals surface area contributed by atoms with Gasteiger partial charge in [-0.1, -0.05) is 29.1 Å². The first-order valence-electron chi connectivity index (χ1n) is 9.46. The van der Waals surface area contributed by atoms with Crippen molar-refractivity contribution in [2.24, 2.45) is 0 Å². The van der Waals surface area contributed by atoms with Crippen LogP contribution in [-0.4, -0.2) is 25.6 Å². The first-order chi connectivity index (χ1) is 14.6. The third-order valence-electron chi connectivity index (χ3n) is 4.54. The summed E-state index contributed by atoms with van der Waals surface area (Å²) in [6, 6.07) is 13.2. The zero-order chi connectivity index (χ0) is 20.9. The number of hydrogen-bond donors (Lipinski definition) is 1. The fourth-order valence-corrected chi connectivity index (χ4v) is 3.84. The summed E-state index contributed by atoms with van der Waals surface area (Å²) in [4.78, 5) is 21.4. The summed E-state index contributed by atoms with van der Waals surface area (Å²) in [5.41, 5.74) is 3.21. The predicted molar refractivity (Wildman–Crippen MR) is 115 cm³/mol. The number of imidazole rings is 1. The summed E-state index contributed by atoms with van der Waals surface area (Å²) >= 11 is 1.46. The number of nitrogens with zero attached hydrogens (tertiary/aromatic N) is 4. The standard InChI is InChI=1S/C22H21N5O2S/c1-15-12-19(26-29-15)14-30-22-20(4-3-9-24-22)21(28)25-18-7-5-17(6-8-18)13-27-11-10-23-16(27)2/h3-12H,13-14H2,1-2H3,(H,25,28). The normalized spacial score (nSPS) is 10.9. The Bertz CT molecular complexity index is 1150. The second kappa shape index (κ2) is 8.96. The van der Waals surface area contributed by atoms with Gasteiger partial charge in [0.25, 0.3) is 5.91 Å². The Labute approximate surface area is 178 Å². The van der Waals surface area contributed by atoms with Crippen molar-refractivity contribution < 1.29 is 9.32 Å². The number of nitrogens with one attached hydrogen (secondary N) is 1. The van der Waals surface area contributed by atoms with Crippen LogP contribution in [-0.2, 0) is 12.3 Å². The Morgan fingerprint density at radius 2 is 1.97 bits per heavy atom. The molecule has 8 heteroatoms. The summed E-state index contributed by atoms with van der Waals surface area (Å²) < 4.78 is 7.16. The minimum Gasteiger partial charge on any atom is -0.361 e. The van der Waals surface area contributed by atoms with Crippen LogP contribution in [0.3, 0.4) is 0 Å². The number of anilines is 1. The number of amides is 1. The number of aromatic nitrogens is 4. The molecule has 1 amide bonds. The van der Waals surface area contributed by atoms with E-state index in [1.54, 1.807) is 24.5 Å². The number of hydrogen-bond acceptors (Lipinski definition) is 6. The SMILES string of the molecule is Cc1cc(CSc2ncccc2C(=O)Nc2ccc(Cn3ccnc3C)cc2)no1. The topological polar surface area (TPSA) is 85.8 Å². The van der Waals surface area contributed by atoms with Crippen LogP contribution in [0.2, 0.25) is 0 Å². The first kappa shape index (κ1) is 19.9. The first-order valence-corrected chi connectivity index (χ1v) is 10.4. The van der Waals surface area contributed by atoms with E-state index in [4.69, 9.17) is 4.52 Å². The van der Waals surface area contributed by atoms with Gasteiger partial charge in [-0.05, 0) is 43.7 Å². The molecule has 0 aliphatic carbocycles. The van der Waals surface area contributed by atoms with Crippen LogP contribution in [0.15, 0.2) is 70.6 Å². The molecule has 30 heavy (non-hydrogen) atoms. The molecule has 152 valence electrons. The van der Waals surface area contributed by atoms with Gasteiger partial charge in [0, 0.05) is 42.6 Å². The van der Waals surface area contributed by atoms with Crippen LogP contribution in [0, 0.1) is 13.8 Å². The smallest absolute Gasteiger partial charge is 0.258 e. The van der Waals surface area contributed by atoms with Gasteiger partial charge < -0.3 is 14.4 Å². The van der Waals surface area contributed by atoms with E-state index in [9.17, 15) is 4.79 Å². The molecule has 0 saturated carbocycles. The molecule has 0 aliphatic rings. The monoisotopic (exact) mass is 419 g/mol. The van der Waals surface area contributed by atoms with E-state index in [-0.39, 0.29) is 5.91 Å². The van der Waals surface area contributed by atoms with Crippen LogP contribution in [0.25, 0.3) is 0 Å². The number of pyridine rings is 1. The molecule has 1 aromatic carbocycles. The fourth-order valence-electron chi connectivity index (χ4n) is 2.97. The number of rotatable bonds is 7. The zero-order valence-electron chi connectivity index (χ0n) is 16.7. The van der Waals surface area contributed by atoms with Crippen LogP contribution in [0.4, 0.5) is 5.69 Å². The Hall–Kier alpha value is -3.39. The van der Waals surface area contributed by atoms with E-state index in [1.807, 2.05) is 50.4 Å². The lowest BCUT2D eigenvalue weighted by atomic mass is 10.2. The van der Waals surface area contributed by atoms with Gasteiger partial charge in [0.05, 0.1) is 11.3 Å². The molecule has 3 heterocycles. The predicted octanol–water partition coefficient (Wildman–Crippen LogP) is 4.48. The highest BCUT2D eigenvalue weighted by molar-refractivity contribution is 7.98. The third-order valence-corrected chi connectivity index (χ3v) is 5.58. The molecule has 1 N–H and O–H groups in total. The van der Waals surface area contributed by atoms with E-state index in [0.717, 1.165) is 35.1 Å². The molecule has 0 saturated heterocycles. The van der Waals surface area contributed by atoms with Crippen molar-refractivity contribution in [1.29, 1.82) is 0 Å². The molecule has 0 fully saturated rings. The average Bonchev–Trinajstić information content (AvgIpc) is 3.36. The van der Waals surface area contributed by atoms with Gasteiger partial charge in [-0.25, -0.2) is 9.97 Å². The molecule has 0 spiro atoms. The maximum atomic E-state index is 12.8. The van der Waals surface area contributed by atoms with Gasteiger partial charge >= 0.3 is 0 Å². The van der Waals surface area contributed by atoms with Gasteiger partial charge in [0.2, 0.25) is 0 Å². The molecule has 0 bridgehead atoms. The minimum atomic E-state index is -0.194. The Morgan fingerprint density at radius 1 is 1.13 bits per heavy atom. The molecular formula is C22H21N5O2S. The van der Waals surface area contributed by atoms with Crippen molar-refractivity contribution >= 4 is 23.4 Å². The van der Waals surface area contributed by atoms with Crippen molar-refractivity contribution in [3.05, 3.63) is 89.5 Å². The summed E-state index contributed by atoms with van der Waals surface area (Å²) in [5, 5.41) is 7.59. The fraction of sp³-hybridized carbons (Fsp3) is 0.182. The van der Waals surface area contributed by atoms with E-state index < -0.39 is 0 Å². The summed E-state index contributed by atoms with van der Waals surface area (Å²) in [6.07, 6.45) is 5.42. The Kier molecular flexibility index (Phi) is 5.94. The van der Waals surface area contributed by atoms with Crippen molar-refractivity contribution in [2.75, 3.05) is 5.32 Å². The molecule has 4 aromatic rings. The quantitative estimate of drug-likeness (QED) is 0.445. The minimum absolute atomic E-state index is 0.194. The lowest BCUT2D eigenvalue weighted by Crippen LogP contribution is -2.13.